The van der Waals surface area contributed by atoms with Crippen LogP contribution in [0.3, 0.4) is 0 Å². The lowest BCUT2D eigenvalue weighted by Crippen LogP contribution is -2.17. The van der Waals surface area contributed by atoms with Crippen LogP contribution in [-0.4, -0.2) is 25.6 Å². The second-order valence-corrected chi connectivity index (χ2v) is 6.09. The molecule has 1 aliphatic carbocycles. The number of hydrogen-bond donors (Lipinski definition) is 3. The lowest BCUT2D eigenvalue weighted by molar-refractivity contribution is 0.0967. The highest BCUT2D eigenvalue weighted by molar-refractivity contribution is 7.19. The van der Waals surface area contributed by atoms with E-state index in [2.05, 4.69) is 10.6 Å². The van der Waals surface area contributed by atoms with Crippen LogP contribution in [0.2, 0.25) is 0 Å². The molecule has 1 amide bonds. The molecule has 0 radical (unpaired) electrons. The molecule has 0 aromatic carbocycles. The van der Waals surface area contributed by atoms with E-state index in [1.54, 1.807) is 7.05 Å². The van der Waals surface area contributed by atoms with E-state index in [0.29, 0.717) is 16.3 Å². The number of anilines is 2. The zero-order valence-electron chi connectivity index (χ0n) is 11.6. The van der Waals surface area contributed by atoms with E-state index >= 15 is 0 Å². The van der Waals surface area contributed by atoms with Gasteiger partial charge in [-0.25, -0.2) is 0 Å². The molecule has 0 aliphatic heterocycles. The van der Waals surface area contributed by atoms with Gasteiger partial charge in [-0.1, -0.05) is 0 Å². The molecule has 2 rings (SSSR count). The number of rotatable bonds is 6. The first-order chi connectivity index (χ1) is 9.02. The highest BCUT2D eigenvalue weighted by Crippen LogP contribution is 2.44. The summed E-state index contributed by atoms with van der Waals surface area (Å²) in [7, 11) is 1.60. The zero-order chi connectivity index (χ0) is 14.0. The monoisotopic (exact) mass is 283 g/mol. The minimum atomic E-state index is -0.171. The molecule has 19 heavy (non-hydrogen) atoms. The maximum atomic E-state index is 11.8. The second kappa shape index (κ2) is 5.69. The van der Waals surface area contributed by atoms with Gasteiger partial charge in [0.2, 0.25) is 0 Å². The Morgan fingerprint density at radius 3 is 2.74 bits per heavy atom. The topological polar surface area (TPSA) is 76.4 Å². The van der Waals surface area contributed by atoms with Crippen molar-refractivity contribution in [3.05, 3.63) is 4.88 Å². The largest absolute Gasteiger partial charge is 0.486 e. The molecule has 0 saturated heterocycles. The molecule has 6 heteroatoms. The Kier molecular flexibility index (Phi) is 4.19. The summed E-state index contributed by atoms with van der Waals surface area (Å²) in [6, 6.07) is 0. The molecule has 0 spiro atoms. The van der Waals surface area contributed by atoms with Gasteiger partial charge in [0.05, 0.1) is 6.10 Å². The van der Waals surface area contributed by atoms with E-state index in [1.165, 1.54) is 24.2 Å². The number of nitrogens with two attached hydrogens (primary N) is 1. The van der Waals surface area contributed by atoms with Crippen molar-refractivity contribution >= 4 is 27.9 Å². The fourth-order valence-corrected chi connectivity index (χ4v) is 2.75. The van der Waals surface area contributed by atoms with E-state index in [-0.39, 0.29) is 12.0 Å². The third-order valence-corrected chi connectivity index (χ3v) is 4.08. The summed E-state index contributed by atoms with van der Waals surface area (Å²) in [5, 5.41) is 6.81. The molecule has 106 valence electrons. The van der Waals surface area contributed by atoms with Gasteiger partial charge in [0.1, 0.15) is 15.6 Å². The molecule has 0 atom stereocenters. The Morgan fingerprint density at radius 2 is 2.21 bits per heavy atom. The van der Waals surface area contributed by atoms with Crippen LogP contribution < -0.4 is 21.1 Å². The summed E-state index contributed by atoms with van der Waals surface area (Å²) >= 11 is 1.36. The van der Waals surface area contributed by atoms with E-state index < -0.39 is 0 Å². The molecule has 1 aromatic heterocycles. The van der Waals surface area contributed by atoms with E-state index in [0.717, 1.165) is 17.5 Å². The molecule has 1 saturated carbocycles. The van der Waals surface area contributed by atoms with E-state index in [1.807, 2.05) is 13.8 Å². The summed E-state index contributed by atoms with van der Waals surface area (Å²) in [5.74, 6) is 1.19. The summed E-state index contributed by atoms with van der Waals surface area (Å²) in [4.78, 5) is 12.3. The van der Waals surface area contributed by atoms with E-state index in [4.69, 9.17) is 10.5 Å². The van der Waals surface area contributed by atoms with Crippen LogP contribution in [0.1, 0.15) is 36.4 Å². The first-order valence-corrected chi connectivity index (χ1v) is 7.39. The number of carbonyl (C=O) groups excluding carboxylic acids is 1. The maximum absolute atomic E-state index is 11.8. The summed E-state index contributed by atoms with van der Waals surface area (Å²) < 4.78 is 5.75. The van der Waals surface area contributed by atoms with Crippen LogP contribution in [-0.2, 0) is 0 Å². The van der Waals surface area contributed by atoms with Gasteiger partial charge in [-0.15, -0.1) is 11.3 Å². The van der Waals surface area contributed by atoms with Crippen LogP contribution in [0.15, 0.2) is 0 Å². The summed E-state index contributed by atoms with van der Waals surface area (Å²) in [6.07, 6.45) is 2.57. The third-order valence-electron chi connectivity index (χ3n) is 2.93. The molecule has 1 heterocycles. The summed E-state index contributed by atoms with van der Waals surface area (Å²) in [5.41, 5.74) is 6.46. The van der Waals surface area contributed by atoms with Gasteiger partial charge in [-0.2, -0.15) is 0 Å². The minimum Gasteiger partial charge on any atom is -0.486 e. The molecule has 1 aliphatic rings. The number of ether oxygens (including phenoxy) is 1. The minimum absolute atomic E-state index is 0.0240. The number of amides is 1. The van der Waals surface area contributed by atoms with Crippen LogP contribution in [0.4, 0.5) is 10.7 Å². The lowest BCUT2D eigenvalue weighted by atomic mass is 10.3. The van der Waals surface area contributed by atoms with Gasteiger partial charge >= 0.3 is 0 Å². The maximum Gasteiger partial charge on any atom is 0.263 e. The van der Waals surface area contributed by atoms with E-state index in [9.17, 15) is 4.79 Å². The van der Waals surface area contributed by atoms with Crippen LogP contribution >= 0.6 is 11.3 Å². The van der Waals surface area contributed by atoms with Crippen molar-refractivity contribution in [3.8, 4) is 5.75 Å². The van der Waals surface area contributed by atoms with Crippen LogP contribution in [0.25, 0.3) is 0 Å². The first kappa shape index (κ1) is 14.0. The van der Waals surface area contributed by atoms with Crippen molar-refractivity contribution in [2.75, 3.05) is 24.6 Å². The van der Waals surface area contributed by atoms with Gasteiger partial charge in [0, 0.05) is 13.6 Å². The number of hydrogen-bond acceptors (Lipinski definition) is 5. The van der Waals surface area contributed by atoms with Gasteiger partial charge in [-0.3, -0.25) is 4.79 Å². The molecule has 4 N–H and O–H groups in total. The third kappa shape index (κ3) is 3.32. The fraction of sp³-hybridized carbons (Fsp3) is 0.615. The number of thiophene rings is 1. The van der Waals surface area contributed by atoms with Crippen LogP contribution in [0, 0.1) is 5.92 Å². The van der Waals surface area contributed by atoms with Crippen molar-refractivity contribution in [1.29, 1.82) is 0 Å². The highest BCUT2D eigenvalue weighted by Gasteiger charge is 2.25. The predicted molar refractivity (Wildman–Crippen MR) is 79.1 cm³/mol. The molecule has 0 bridgehead atoms. The summed E-state index contributed by atoms with van der Waals surface area (Å²) in [6.45, 7) is 4.81. The molecular formula is C13H21N3O2S. The van der Waals surface area contributed by atoms with Crippen molar-refractivity contribution in [2.45, 2.75) is 32.8 Å². The average molecular weight is 283 g/mol. The van der Waals surface area contributed by atoms with Gasteiger partial charge < -0.3 is 21.1 Å². The standard InChI is InChI=1S/C13H21N3O2S/c1-7(2)18-10-9(14)11(12(17)15-3)19-13(10)16-6-8-4-5-8/h7-8,16H,4-6,14H2,1-3H3,(H,15,17). The molecule has 5 nitrogen and oxygen atoms in total. The Balaban J connectivity index is 2.23. The van der Waals surface area contributed by atoms with Crippen molar-refractivity contribution in [1.82, 2.24) is 5.32 Å². The van der Waals surface area contributed by atoms with Gasteiger partial charge in [-0.05, 0) is 32.6 Å². The first-order valence-electron chi connectivity index (χ1n) is 6.57. The predicted octanol–water partition coefficient (Wildman–Crippen LogP) is 2.30. The Labute approximate surface area is 117 Å². The smallest absolute Gasteiger partial charge is 0.263 e. The molecular weight excluding hydrogens is 262 g/mol. The number of nitrogen functional groups attached to an aromatic ring is 1. The SMILES string of the molecule is CNC(=O)c1sc(NCC2CC2)c(OC(C)C)c1N. The van der Waals surface area contributed by atoms with Crippen molar-refractivity contribution in [2.24, 2.45) is 5.92 Å². The van der Waals surface area contributed by atoms with Crippen molar-refractivity contribution in [3.63, 3.8) is 0 Å². The Bertz CT molecular complexity index is 467. The van der Waals surface area contributed by atoms with Gasteiger partial charge in [0.15, 0.2) is 5.75 Å². The lowest BCUT2D eigenvalue weighted by Gasteiger charge is -2.12. The zero-order valence-corrected chi connectivity index (χ0v) is 12.4. The Hall–Kier alpha value is -1.43. The number of carbonyl (C=O) groups is 1. The second-order valence-electron chi connectivity index (χ2n) is 5.07. The Morgan fingerprint density at radius 1 is 1.53 bits per heavy atom. The quantitative estimate of drug-likeness (QED) is 0.748. The molecule has 1 fully saturated rings. The molecule has 0 unspecified atom stereocenters. The number of nitrogens with one attached hydrogen (secondary N) is 2. The average Bonchev–Trinajstić information content (AvgIpc) is 3.14. The molecule has 1 aromatic rings. The van der Waals surface area contributed by atoms with Crippen molar-refractivity contribution < 1.29 is 9.53 Å². The normalized spacial score (nSPS) is 14.5. The van der Waals surface area contributed by atoms with Gasteiger partial charge in [0.25, 0.3) is 5.91 Å². The van der Waals surface area contributed by atoms with Crippen LogP contribution in [0.5, 0.6) is 5.75 Å². The highest BCUT2D eigenvalue weighted by atomic mass is 32.1. The fourth-order valence-electron chi connectivity index (χ4n) is 1.74.